The molecular formula is C14H18N4. The Morgan fingerprint density at radius 3 is 3.00 bits per heavy atom. The molecule has 4 nitrogen and oxygen atoms in total. The maximum absolute atomic E-state index is 5.73. The van der Waals surface area contributed by atoms with E-state index in [1.807, 2.05) is 6.33 Å². The summed E-state index contributed by atoms with van der Waals surface area (Å²) in [7, 11) is 0. The highest BCUT2D eigenvalue weighted by molar-refractivity contribution is 5.49. The van der Waals surface area contributed by atoms with Crippen molar-refractivity contribution >= 4 is 5.69 Å². The molecule has 0 spiro atoms. The first-order valence-electron chi connectivity index (χ1n) is 6.32. The number of aromatic nitrogens is 2. The highest BCUT2D eigenvalue weighted by Crippen LogP contribution is 2.23. The highest BCUT2D eigenvalue weighted by atomic mass is 15.2. The standard InChI is InChI=1S/C14H18N4/c1-11-3-2-4-12(7-11)17-5-6-18-10-16-13(8-15)14(18)9-17/h2-4,7,10H,5-6,8-9,15H2,1H3. The van der Waals surface area contributed by atoms with Crippen LogP contribution in [0.3, 0.4) is 0 Å². The van der Waals surface area contributed by atoms with Gasteiger partial charge in [0.05, 0.1) is 24.3 Å². The molecule has 0 aliphatic carbocycles. The van der Waals surface area contributed by atoms with Gasteiger partial charge in [0.15, 0.2) is 0 Å². The molecule has 2 N–H and O–H groups in total. The first-order chi connectivity index (χ1) is 8.78. The molecule has 0 fully saturated rings. The van der Waals surface area contributed by atoms with Crippen molar-refractivity contribution in [1.82, 2.24) is 9.55 Å². The summed E-state index contributed by atoms with van der Waals surface area (Å²) < 4.78 is 2.22. The lowest BCUT2D eigenvalue weighted by atomic mass is 10.1. The number of nitrogens with zero attached hydrogens (tertiary/aromatic N) is 3. The van der Waals surface area contributed by atoms with Crippen LogP contribution in [0, 0.1) is 6.92 Å². The molecule has 2 heterocycles. The molecule has 0 amide bonds. The van der Waals surface area contributed by atoms with Gasteiger partial charge < -0.3 is 15.2 Å². The fourth-order valence-corrected chi connectivity index (χ4v) is 2.53. The van der Waals surface area contributed by atoms with E-state index in [-0.39, 0.29) is 0 Å². The Labute approximate surface area is 107 Å². The van der Waals surface area contributed by atoms with E-state index >= 15 is 0 Å². The van der Waals surface area contributed by atoms with E-state index in [0.717, 1.165) is 25.3 Å². The lowest BCUT2D eigenvalue weighted by Crippen LogP contribution is -2.33. The van der Waals surface area contributed by atoms with Gasteiger partial charge in [0.25, 0.3) is 0 Å². The zero-order valence-corrected chi connectivity index (χ0v) is 10.6. The van der Waals surface area contributed by atoms with Crippen LogP contribution in [0.1, 0.15) is 17.0 Å². The van der Waals surface area contributed by atoms with E-state index in [2.05, 4.69) is 45.6 Å². The van der Waals surface area contributed by atoms with Crippen LogP contribution in [0.15, 0.2) is 30.6 Å². The Hall–Kier alpha value is -1.81. The molecule has 4 heteroatoms. The predicted molar refractivity (Wildman–Crippen MR) is 72.3 cm³/mol. The fourth-order valence-electron chi connectivity index (χ4n) is 2.53. The smallest absolute Gasteiger partial charge is 0.0953 e. The summed E-state index contributed by atoms with van der Waals surface area (Å²) in [5, 5.41) is 0. The molecule has 1 aliphatic heterocycles. The number of hydrogen-bond donors (Lipinski definition) is 1. The SMILES string of the molecule is Cc1cccc(N2CCn3cnc(CN)c3C2)c1. The summed E-state index contributed by atoms with van der Waals surface area (Å²) in [6.07, 6.45) is 1.91. The number of benzene rings is 1. The van der Waals surface area contributed by atoms with Crippen molar-refractivity contribution in [2.24, 2.45) is 5.73 Å². The molecule has 3 rings (SSSR count). The molecule has 94 valence electrons. The summed E-state index contributed by atoms with van der Waals surface area (Å²) in [4.78, 5) is 6.77. The van der Waals surface area contributed by atoms with Gasteiger partial charge in [-0.25, -0.2) is 4.98 Å². The van der Waals surface area contributed by atoms with Gasteiger partial charge in [0, 0.05) is 25.3 Å². The van der Waals surface area contributed by atoms with Crippen molar-refractivity contribution in [3.63, 3.8) is 0 Å². The van der Waals surface area contributed by atoms with Gasteiger partial charge in [-0.1, -0.05) is 12.1 Å². The van der Waals surface area contributed by atoms with Crippen LogP contribution in [0.4, 0.5) is 5.69 Å². The van der Waals surface area contributed by atoms with E-state index in [9.17, 15) is 0 Å². The van der Waals surface area contributed by atoms with Crippen molar-refractivity contribution < 1.29 is 0 Å². The molecule has 18 heavy (non-hydrogen) atoms. The van der Waals surface area contributed by atoms with Crippen LogP contribution in [0.5, 0.6) is 0 Å². The first kappa shape index (κ1) is 11.3. The molecule has 0 unspecified atom stereocenters. The van der Waals surface area contributed by atoms with Crippen molar-refractivity contribution in [2.45, 2.75) is 26.6 Å². The zero-order chi connectivity index (χ0) is 12.5. The molecule has 0 saturated heterocycles. The minimum absolute atomic E-state index is 0.518. The molecule has 0 bridgehead atoms. The third-order valence-electron chi connectivity index (χ3n) is 3.54. The zero-order valence-electron chi connectivity index (χ0n) is 10.6. The number of anilines is 1. The van der Waals surface area contributed by atoms with Gasteiger partial charge in [-0.05, 0) is 24.6 Å². The minimum Gasteiger partial charge on any atom is -0.364 e. The Balaban J connectivity index is 1.90. The summed E-state index contributed by atoms with van der Waals surface area (Å²) in [5.74, 6) is 0. The molecular weight excluding hydrogens is 224 g/mol. The number of imidazole rings is 1. The molecule has 1 aliphatic rings. The van der Waals surface area contributed by atoms with Crippen LogP contribution in [-0.4, -0.2) is 16.1 Å². The molecule has 1 aromatic carbocycles. The van der Waals surface area contributed by atoms with E-state index in [1.165, 1.54) is 16.9 Å². The van der Waals surface area contributed by atoms with Crippen LogP contribution in [-0.2, 0) is 19.6 Å². The minimum atomic E-state index is 0.518. The number of aryl methyl sites for hydroxylation is 1. The molecule has 0 atom stereocenters. The fraction of sp³-hybridized carbons (Fsp3) is 0.357. The van der Waals surface area contributed by atoms with E-state index in [0.29, 0.717) is 6.54 Å². The van der Waals surface area contributed by atoms with E-state index in [4.69, 9.17) is 5.73 Å². The number of fused-ring (bicyclic) bond motifs is 1. The van der Waals surface area contributed by atoms with Gasteiger partial charge in [-0.15, -0.1) is 0 Å². The second-order valence-corrected chi connectivity index (χ2v) is 4.80. The maximum atomic E-state index is 5.73. The van der Waals surface area contributed by atoms with Crippen LogP contribution in [0.2, 0.25) is 0 Å². The van der Waals surface area contributed by atoms with Gasteiger partial charge in [0.1, 0.15) is 0 Å². The average Bonchev–Trinajstić information content (AvgIpc) is 2.80. The lowest BCUT2D eigenvalue weighted by molar-refractivity contribution is 0.567. The third-order valence-corrected chi connectivity index (χ3v) is 3.54. The van der Waals surface area contributed by atoms with Gasteiger partial charge in [-0.3, -0.25) is 0 Å². The monoisotopic (exact) mass is 242 g/mol. The largest absolute Gasteiger partial charge is 0.364 e. The molecule has 1 aromatic heterocycles. The average molecular weight is 242 g/mol. The van der Waals surface area contributed by atoms with Crippen molar-refractivity contribution in [1.29, 1.82) is 0 Å². The number of hydrogen-bond acceptors (Lipinski definition) is 3. The summed E-state index contributed by atoms with van der Waals surface area (Å²) >= 11 is 0. The van der Waals surface area contributed by atoms with Gasteiger partial charge in [0.2, 0.25) is 0 Å². The van der Waals surface area contributed by atoms with E-state index < -0.39 is 0 Å². The second-order valence-electron chi connectivity index (χ2n) is 4.80. The first-order valence-corrected chi connectivity index (χ1v) is 6.32. The normalized spacial score (nSPS) is 14.7. The van der Waals surface area contributed by atoms with Crippen LogP contribution in [0.25, 0.3) is 0 Å². The number of rotatable bonds is 2. The van der Waals surface area contributed by atoms with Crippen LogP contribution >= 0.6 is 0 Å². The number of nitrogens with two attached hydrogens (primary N) is 1. The molecule has 0 radical (unpaired) electrons. The van der Waals surface area contributed by atoms with Crippen LogP contribution < -0.4 is 10.6 Å². The topological polar surface area (TPSA) is 47.1 Å². The van der Waals surface area contributed by atoms with Gasteiger partial charge >= 0.3 is 0 Å². The Kier molecular flexibility index (Phi) is 2.80. The highest BCUT2D eigenvalue weighted by Gasteiger charge is 2.19. The van der Waals surface area contributed by atoms with Crippen molar-refractivity contribution in [3.05, 3.63) is 47.5 Å². The van der Waals surface area contributed by atoms with Gasteiger partial charge in [-0.2, -0.15) is 0 Å². The second kappa shape index (κ2) is 4.46. The summed E-state index contributed by atoms with van der Waals surface area (Å²) in [6, 6.07) is 8.64. The molecule has 2 aromatic rings. The quantitative estimate of drug-likeness (QED) is 0.871. The third kappa shape index (κ3) is 1.88. The summed E-state index contributed by atoms with van der Waals surface area (Å²) in [5.41, 5.74) is 10.6. The Bertz CT molecular complexity index is 545. The van der Waals surface area contributed by atoms with Crippen molar-refractivity contribution in [2.75, 3.05) is 11.4 Å². The Morgan fingerprint density at radius 2 is 2.22 bits per heavy atom. The molecule has 0 saturated carbocycles. The van der Waals surface area contributed by atoms with Crippen molar-refractivity contribution in [3.8, 4) is 0 Å². The summed E-state index contributed by atoms with van der Waals surface area (Å²) in [6.45, 7) is 5.55. The Morgan fingerprint density at radius 1 is 1.33 bits per heavy atom. The maximum Gasteiger partial charge on any atom is 0.0953 e. The lowest BCUT2D eigenvalue weighted by Gasteiger charge is -2.30. The van der Waals surface area contributed by atoms with E-state index in [1.54, 1.807) is 0 Å². The predicted octanol–water partition coefficient (Wildman–Crippen LogP) is 1.67.